The number of fused-ring (bicyclic) bond motifs is 1. The SMILES string of the molecule is Nc1ccc(F)cc1C(=O)c1c[nH]c2cc(Cl)cc(Cl)c12. The van der Waals surface area contributed by atoms with E-state index in [4.69, 9.17) is 28.9 Å². The van der Waals surface area contributed by atoms with Crippen molar-refractivity contribution in [3.63, 3.8) is 0 Å². The Hall–Kier alpha value is -2.04. The van der Waals surface area contributed by atoms with E-state index in [9.17, 15) is 9.18 Å². The summed E-state index contributed by atoms with van der Waals surface area (Å²) in [7, 11) is 0. The molecule has 0 aliphatic rings. The summed E-state index contributed by atoms with van der Waals surface area (Å²) in [5.74, 6) is -0.927. The van der Waals surface area contributed by atoms with E-state index >= 15 is 0 Å². The van der Waals surface area contributed by atoms with Crippen molar-refractivity contribution in [3.8, 4) is 0 Å². The molecule has 0 aliphatic carbocycles. The molecule has 3 nitrogen and oxygen atoms in total. The van der Waals surface area contributed by atoms with Crippen LogP contribution in [0.15, 0.2) is 36.5 Å². The molecule has 3 rings (SSSR count). The fraction of sp³-hybridized carbons (Fsp3) is 0. The van der Waals surface area contributed by atoms with Crippen molar-refractivity contribution in [2.75, 3.05) is 5.73 Å². The minimum Gasteiger partial charge on any atom is -0.398 e. The molecule has 1 heterocycles. The number of hydrogen-bond donors (Lipinski definition) is 2. The number of rotatable bonds is 2. The third-order valence-corrected chi connectivity index (χ3v) is 3.72. The fourth-order valence-corrected chi connectivity index (χ4v) is 2.83. The van der Waals surface area contributed by atoms with Gasteiger partial charge in [-0.1, -0.05) is 23.2 Å². The Morgan fingerprint density at radius 1 is 1.14 bits per heavy atom. The van der Waals surface area contributed by atoms with Crippen molar-refractivity contribution in [1.82, 2.24) is 4.98 Å². The van der Waals surface area contributed by atoms with E-state index in [-0.39, 0.29) is 11.3 Å². The first-order valence-electron chi connectivity index (χ1n) is 6.03. The molecule has 2 aromatic carbocycles. The van der Waals surface area contributed by atoms with E-state index in [1.807, 2.05) is 0 Å². The average molecular weight is 323 g/mol. The molecular formula is C15H9Cl2FN2O. The van der Waals surface area contributed by atoms with Crippen LogP contribution in [0.5, 0.6) is 0 Å². The Bertz CT molecular complexity index is 873. The maximum absolute atomic E-state index is 13.3. The van der Waals surface area contributed by atoms with Crippen LogP contribution in [0.25, 0.3) is 10.9 Å². The number of nitrogens with one attached hydrogen (secondary N) is 1. The quantitative estimate of drug-likeness (QED) is 0.541. The number of nitrogens with two attached hydrogens (primary N) is 1. The van der Waals surface area contributed by atoms with Gasteiger partial charge >= 0.3 is 0 Å². The lowest BCUT2D eigenvalue weighted by Gasteiger charge is -2.05. The number of H-pyrrole nitrogens is 1. The minimum absolute atomic E-state index is 0.0990. The molecule has 0 aliphatic heterocycles. The van der Waals surface area contributed by atoms with Crippen molar-refractivity contribution in [2.24, 2.45) is 0 Å². The second kappa shape index (κ2) is 5.06. The van der Waals surface area contributed by atoms with E-state index in [2.05, 4.69) is 4.98 Å². The summed E-state index contributed by atoms with van der Waals surface area (Å²) in [6.45, 7) is 0. The van der Waals surface area contributed by atoms with E-state index < -0.39 is 11.6 Å². The lowest BCUT2D eigenvalue weighted by molar-refractivity contribution is 0.104. The second-order valence-electron chi connectivity index (χ2n) is 4.57. The number of halogens is 3. The zero-order chi connectivity index (χ0) is 15.1. The van der Waals surface area contributed by atoms with Gasteiger partial charge in [-0.2, -0.15) is 0 Å². The monoisotopic (exact) mass is 322 g/mol. The molecule has 0 spiro atoms. The van der Waals surface area contributed by atoms with Crippen LogP contribution in [-0.2, 0) is 0 Å². The molecule has 1 aromatic heterocycles. The normalized spacial score (nSPS) is 11.0. The fourth-order valence-electron chi connectivity index (χ4n) is 2.23. The molecule has 0 amide bonds. The number of hydrogen-bond acceptors (Lipinski definition) is 2. The maximum atomic E-state index is 13.3. The van der Waals surface area contributed by atoms with E-state index in [1.54, 1.807) is 12.1 Å². The number of ketones is 1. The van der Waals surface area contributed by atoms with E-state index in [0.29, 0.717) is 26.5 Å². The lowest BCUT2D eigenvalue weighted by atomic mass is 10.0. The summed E-state index contributed by atoms with van der Waals surface area (Å²) in [6, 6.07) is 6.88. The zero-order valence-electron chi connectivity index (χ0n) is 10.6. The van der Waals surface area contributed by atoms with Gasteiger partial charge in [-0.3, -0.25) is 4.79 Å². The number of benzene rings is 2. The Morgan fingerprint density at radius 3 is 2.67 bits per heavy atom. The van der Waals surface area contributed by atoms with Gasteiger partial charge in [0.25, 0.3) is 0 Å². The molecule has 106 valence electrons. The van der Waals surface area contributed by atoms with Gasteiger partial charge < -0.3 is 10.7 Å². The van der Waals surface area contributed by atoms with E-state index in [0.717, 1.165) is 6.07 Å². The Morgan fingerprint density at radius 2 is 1.90 bits per heavy atom. The largest absolute Gasteiger partial charge is 0.398 e. The minimum atomic E-state index is -0.526. The summed E-state index contributed by atoms with van der Waals surface area (Å²) in [5, 5.41) is 1.34. The predicted molar refractivity (Wildman–Crippen MR) is 82.6 cm³/mol. The standard InChI is InChI=1S/C15H9Cl2FN2O/c16-7-3-11(17)14-10(6-20-13(14)4-7)15(21)9-5-8(18)1-2-12(9)19/h1-6,20H,19H2. The molecule has 21 heavy (non-hydrogen) atoms. The number of nitrogen functional groups attached to an aromatic ring is 1. The number of anilines is 1. The summed E-state index contributed by atoms with van der Waals surface area (Å²) < 4.78 is 13.3. The molecule has 0 saturated heterocycles. The van der Waals surface area contributed by atoms with Gasteiger partial charge in [-0.05, 0) is 30.3 Å². The van der Waals surface area contributed by atoms with Crippen molar-refractivity contribution >= 4 is 45.6 Å². The number of aromatic amines is 1. The molecular weight excluding hydrogens is 314 g/mol. The first-order chi connectivity index (χ1) is 9.97. The molecule has 6 heteroatoms. The molecule has 0 fully saturated rings. The summed E-state index contributed by atoms with van der Waals surface area (Å²) in [4.78, 5) is 15.5. The molecule has 3 N–H and O–H groups in total. The van der Waals surface area contributed by atoms with Gasteiger partial charge in [0.1, 0.15) is 5.82 Å². The lowest BCUT2D eigenvalue weighted by Crippen LogP contribution is -2.05. The maximum Gasteiger partial charge on any atom is 0.197 e. The van der Waals surface area contributed by atoms with Crippen LogP contribution in [0.3, 0.4) is 0 Å². The third-order valence-electron chi connectivity index (χ3n) is 3.20. The van der Waals surface area contributed by atoms with Crippen LogP contribution in [0.2, 0.25) is 10.0 Å². The van der Waals surface area contributed by atoms with Crippen molar-refractivity contribution in [1.29, 1.82) is 0 Å². The van der Waals surface area contributed by atoms with Crippen molar-refractivity contribution in [3.05, 3.63) is 63.5 Å². The van der Waals surface area contributed by atoms with Gasteiger partial charge in [-0.15, -0.1) is 0 Å². The second-order valence-corrected chi connectivity index (χ2v) is 5.42. The van der Waals surface area contributed by atoms with Crippen LogP contribution in [-0.4, -0.2) is 10.8 Å². The van der Waals surface area contributed by atoms with Crippen LogP contribution in [0, 0.1) is 5.82 Å². The number of aromatic nitrogens is 1. The molecule has 0 saturated carbocycles. The number of carbonyl (C=O) groups excluding carboxylic acids is 1. The number of carbonyl (C=O) groups is 1. The van der Waals surface area contributed by atoms with Gasteiger partial charge in [0.2, 0.25) is 0 Å². The van der Waals surface area contributed by atoms with Crippen LogP contribution >= 0.6 is 23.2 Å². The third kappa shape index (κ3) is 2.37. The Balaban J connectivity index is 2.21. The van der Waals surface area contributed by atoms with E-state index in [1.165, 1.54) is 18.3 Å². The molecule has 0 bridgehead atoms. The van der Waals surface area contributed by atoms with Gasteiger partial charge in [-0.25, -0.2) is 4.39 Å². The highest BCUT2D eigenvalue weighted by Crippen LogP contribution is 2.32. The topological polar surface area (TPSA) is 58.9 Å². The van der Waals surface area contributed by atoms with Crippen LogP contribution < -0.4 is 5.73 Å². The zero-order valence-corrected chi connectivity index (χ0v) is 12.1. The van der Waals surface area contributed by atoms with Gasteiger partial charge in [0, 0.05) is 38.9 Å². The first-order valence-corrected chi connectivity index (χ1v) is 6.79. The summed E-state index contributed by atoms with van der Waals surface area (Å²) in [5.41, 5.74) is 7.01. The molecule has 3 aromatic rings. The highest BCUT2D eigenvalue weighted by molar-refractivity contribution is 6.40. The molecule has 0 radical (unpaired) electrons. The van der Waals surface area contributed by atoms with Crippen molar-refractivity contribution < 1.29 is 9.18 Å². The van der Waals surface area contributed by atoms with Crippen molar-refractivity contribution in [2.45, 2.75) is 0 Å². The highest BCUT2D eigenvalue weighted by Gasteiger charge is 2.19. The first kappa shape index (κ1) is 13.9. The Labute approximate surface area is 129 Å². The molecule has 0 unspecified atom stereocenters. The van der Waals surface area contributed by atoms with Gasteiger partial charge in [0.15, 0.2) is 5.78 Å². The predicted octanol–water partition coefficient (Wildman–Crippen LogP) is 4.43. The smallest absolute Gasteiger partial charge is 0.197 e. The van der Waals surface area contributed by atoms with Crippen LogP contribution in [0.4, 0.5) is 10.1 Å². The average Bonchev–Trinajstić information content (AvgIpc) is 2.84. The van der Waals surface area contributed by atoms with Crippen LogP contribution in [0.1, 0.15) is 15.9 Å². The summed E-state index contributed by atoms with van der Waals surface area (Å²) >= 11 is 12.1. The summed E-state index contributed by atoms with van der Waals surface area (Å²) in [6.07, 6.45) is 1.51. The highest BCUT2D eigenvalue weighted by atomic mass is 35.5. The Kier molecular flexibility index (Phi) is 3.35. The van der Waals surface area contributed by atoms with Gasteiger partial charge in [0.05, 0.1) is 5.02 Å². The molecule has 0 atom stereocenters.